The maximum Gasteiger partial charge on any atom is 0.246 e. The zero-order chi connectivity index (χ0) is 13.8. The third-order valence-corrected chi connectivity index (χ3v) is 3.78. The van der Waals surface area contributed by atoms with Gasteiger partial charge in [0.15, 0.2) is 0 Å². The highest BCUT2D eigenvalue weighted by atomic mass is 15.3. The van der Waals surface area contributed by atoms with Crippen LogP contribution in [0.2, 0.25) is 0 Å². The van der Waals surface area contributed by atoms with Crippen molar-refractivity contribution in [2.45, 2.75) is 32.2 Å². The molecule has 0 amide bonds. The summed E-state index contributed by atoms with van der Waals surface area (Å²) < 4.78 is 0. The molecular weight excluding hydrogens is 250 g/mol. The van der Waals surface area contributed by atoms with Crippen LogP contribution in [0.5, 0.6) is 0 Å². The van der Waals surface area contributed by atoms with E-state index in [-0.39, 0.29) is 0 Å². The van der Waals surface area contributed by atoms with E-state index in [0.29, 0.717) is 6.04 Å². The Labute approximate surface area is 119 Å². The minimum absolute atomic E-state index is 0.478. The molecule has 1 aliphatic rings. The molecule has 2 heterocycles. The summed E-state index contributed by atoms with van der Waals surface area (Å²) in [6.07, 6.45) is 3.50. The van der Waals surface area contributed by atoms with Gasteiger partial charge >= 0.3 is 0 Å². The molecule has 5 nitrogen and oxygen atoms in total. The Morgan fingerprint density at radius 3 is 2.85 bits per heavy atom. The van der Waals surface area contributed by atoms with Crippen molar-refractivity contribution in [2.75, 3.05) is 24.5 Å². The van der Waals surface area contributed by atoms with Crippen LogP contribution in [0.4, 0.5) is 5.95 Å². The van der Waals surface area contributed by atoms with Gasteiger partial charge in [0.1, 0.15) is 5.52 Å². The monoisotopic (exact) mass is 271 g/mol. The third-order valence-electron chi connectivity index (χ3n) is 3.78. The van der Waals surface area contributed by atoms with Crippen molar-refractivity contribution in [1.82, 2.24) is 20.5 Å². The van der Waals surface area contributed by atoms with Gasteiger partial charge in [-0.2, -0.15) is 0 Å². The Bertz CT molecular complexity index is 565. The van der Waals surface area contributed by atoms with Gasteiger partial charge in [0, 0.05) is 19.1 Å². The fourth-order valence-corrected chi connectivity index (χ4v) is 2.78. The van der Waals surface area contributed by atoms with Crippen molar-refractivity contribution < 1.29 is 0 Å². The van der Waals surface area contributed by atoms with Crippen LogP contribution in [-0.4, -0.2) is 40.9 Å². The van der Waals surface area contributed by atoms with Crippen molar-refractivity contribution >= 4 is 17.0 Å². The largest absolute Gasteiger partial charge is 0.335 e. The quantitative estimate of drug-likeness (QED) is 0.921. The predicted octanol–water partition coefficient (Wildman–Crippen LogP) is 1.99. The molecule has 0 bridgehead atoms. The average Bonchev–Trinajstić information content (AvgIpc) is 2.53. The number of piperidine rings is 1. The van der Waals surface area contributed by atoms with Gasteiger partial charge in [0.05, 0.1) is 5.52 Å². The maximum atomic E-state index is 4.69. The first-order valence-electron chi connectivity index (χ1n) is 7.45. The predicted molar refractivity (Wildman–Crippen MR) is 80.9 cm³/mol. The lowest BCUT2D eigenvalue weighted by atomic mass is 10.1. The summed E-state index contributed by atoms with van der Waals surface area (Å²) in [6, 6.07) is 8.38. The Morgan fingerprint density at radius 1 is 1.25 bits per heavy atom. The van der Waals surface area contributed by atoms with Gasteiger partial charge in [-0.3, -0.25) is 0 Å². The number of aromatic nitrogens is 3. The van der Waals surface area contributed by atoms with Crippen LogP contribution in [0.1, 0.15) is 26.2 Å². The van der Waals surface area contributed by atoms with Gasteiger partial charge < -0.3 is 10.2 Å². The first kappa shape index (κ1) is 13.2. The number of hydrogen-bond acceptors (Lipinski definition) is 5. The van der Waals surface area contributed by atoms with E-state index in [1.165, 1.54) is 12.8 Å². The van der Waals surface area contributed by atoms with E-state index in [0.717, 1.165) is 43.0 Å². The molecule has 1 unspecified atom stereocenters. The second-order valence-corrected chi connectivity index (χ2v) is 5.29. The summed E-state index contributed by atoms with van der Waals surface area (Å²) >= 11 is 0. The number of fused-ring (bicyclic) bond motifs is 1. The molecule has 0 radical (unpaired) electrons. The molecule has 5 heteroatoms. The van der Waals surface area contributed by atoms with Crippen LogP contribution < -0.4 is 10.2 Å². The molecule has 0 saturated carbocycles. The van der Waals surface area contributed by atoms with Crippen LogP contribution in [0, 0.1) is 0 Å². The van der Waals surface area contributed by atoms with Crippen molar-refractivity contribution in [3.8, 4) is 0 Å². The van der Waals surface area contributed by atoms with Crippen molar-refractivity contribution in [3.05, 3.63) is 24.3 Å². The molecule has 1 N–H and O–H groups in total. The fraction of sp³-hybridized carbons (Fsp3) is 0.533. The highest BCUT2D eigenvalue weighted by molar-refractivity contribution is 5.74. The molecule has 3 rings (SSSR count). The molecule has 0 aliphatic carbocycles. The molecule has 1 atom stereocenters. The average molecular weight is 271 g/mol. The zero-order valence-corrected chi connectivity index (χ0v) is 11.9. The number of anilines is 1. The van der Waals surface area contributed by atoms with E-state index in [9.17, 15) is 0 Å². The molecular formula is C15H21N5. The Hall–Kier alpha value is -1.75. The van der Waals surface area contributed by atoms with Crippen LogP contribution in [0.25, 0.3) is 11.0 Å². The number of rotatable bonds is 4. The number of benzene rings is 1. The molecule has 1 aromatic heterocycles. The van der Waals surface area contributed by atoms with Crippen LogP contribution in [-0.2, 0) is 0 Å². The van der Waals surface area contributed by atoms with E-state index in [4.69, 9.17) is 4.98 Å². The van der Waals surface area contributed by atoms with Gasteiger partial charge in [-0.05, 0) is 37.9 Å². The highest BCUT2D eigenvalue weighted by Gasteiger charge is 2.23. The lowest BCUT2D eigenvalue weighted by Gasteiger charge is -2.34. The van der Waals surface area contributed by atoms with E-state index in [2.05, 4.69) is 27.3 Å². The molecule has 20 heavy (non-hydrogen) atoms. The van der Waals surface area contributed by atoms with Gasteiger partial charge in [0.2, 0.25) is 5.95 Å². The second kappa shape index (κ2) is 6.13. The lowest BCUT2D eigenvalue weighted by Crippen LogP contribution is -2.47. The standard InChI is InChI=1S/C15H21N5/c1-2-10-20(12-6-5-9-16-11-12)15-17-13-7-3-4-8-14(13)18-19-15/h3-4,7-8,12,16H,2,5-6,9-11H2,1H3. The van der Waals surface area contributed by atoms with Crippen LogP contribution in [0.15, 0.2) is 24.3 Å². The minimum atomic E-state index is 0.478. The maximum absolute atomic E-state index is 4.69. The van der Waals surface area contributed by atoms with Crippen LogP contribution in [0.3, 0.4) is 0 Å². The van der Waals surface area contributed by atoms with E-state index in [1.54, 1.807) is 0 Å². The summed E-state index contributed by atoms with van der Waals surface area (Å²) in [5, 5.41) is 12.1. The molecule has 106 valence electrons. The highest BCUT2D eigenvalue weighted by Crippen LogP contribution is 2.18. The Morgan fingerprint density at radius 2 is 2.10 bits per heavy atom. The van der Waals surface area contributed by atoms with E-state index in [1.807, 2.05) is 24.3 Å². The van der Waals surface area contributed by atoms with Gasteiger partial charge in [-0.1, -0.05) is 19.1 Å². The van der Waals surface area contributed by atoms with Crippen molar-refractivity contribution in [1.29, 1.82) is 0 Å². The minimum Gasteiger partial charge on any atom is -0.335 e. The summed E-state index contributed by atoms with van der Waals surface area (Å²) in [4.78, 5) is 7.01. The SMILES string of the molecule is CCCN(c1nnc2ccccc2n1)C1CCCNC1. The zero-order valence-electron chi connectivity index (χ0n) is 11.9. The molecule has 1 saturated heterocycles. The molecule has 2 aromatic rings. The summed E-state index contributed by atoms with van der Waals surface area (Å²) in [7, 11) is 0. The first-order chi connectivity index (χ1) is 9.88. The summed E-state index contributed by atoms with van der Waals surface area (Å²) in [5.41, 5.74) is 1.77. The normalized spacial score (nSPS) is 19.1. The smallest absolute Gasteiger partial charge is 0.246 e. The molecule has 1 aliphatic heterocycles. The lowest BCUT2D eigenvalue weighted by molar-refractivity contribution is 0.426. The summed E-state index contributed by atoms with van der Waals surface area (Å²) in [5.74, 6) is 0.763. The van der Waals surface area contributed by atoms with E-state index >= 15 is 0 Å². The third kappa shape index (κ3) is 2.72. The second-order valence-electron chi connectivity index (χ2n) is 5.29. The van der Waals surface area contributed by atoms with Gasteiger partial charge in [-0.25, -0.2) is 4.98 Å². The molecule has 0 spiro atoms. The number of para-hydroxylation sites is 1. The number of nitrogens with zero attached hydrogens (tertiary/aromatic N) is 4. The fourth-order valence-electron chi connectivity index (χ4n) is 2.78. The summed E-state index contributed by atoms with van der Waals surface area (Å²) in [6.45, 7) is 5.30. The number of nitrogens with one attached hydrogen (secondary N) is 1. The topological polar surface area (TPSA) is 53.9 Å². The molecule has 1 aromatic carbocycles. The Kier molecular flexibility index (Phi) is 4.06. The Balaban J connectivity index is 1.91. The van der Waals surface area contributed by atoms with Gasteiger partial charge in [0.25, 0.3) is 0 Å². The first-order valence-corrected chi connectivity index (χ1v) is 7.45. The number of hydrogen-bond donors (Lipinski definition) is 1. The molecule has 1 fully saturated rings. The van der Waals surface area contributed by atoms with Gasteiger partial charge in [-0.15, -0.1) is 10.2 Å². The van der Waals surface area contributed by atoms with Crippen molar-refractivity contribution in [3.63, 3.8) is 0 Å². The van der Waals surface area contributed by atoms with E-state index < -0.39 is 0 Å². The van der Waals surface area contributed by atoms with Crippen molar-refractivity contribution in [2.24, 2.45) is 0 Å². The van der Waals surface area contributed by atoms with Crippen LogP contribution >= 0.6 is 0 Å².